The van der Waals surface area contributed by atoms with E-state index in [1.807, 2.05) is 6.08 Å². The molecule has 47 heavy (non-hydrogen) atoms. The molecule has 0 bridgehead atoms. The number of carbonyl (C=O) groups excluding carboxylic acids is 1. The van der Waals surface area contributed by atoms with E-state index in [0.29, 0.717) is 6.42 Å². The Balaban J connectivity index is 3.60. The van der Waals surface area contributed by atoms with Crippen LogP contribution in [-0.2, 0) is 4.79 Å². The lowest BCUT2D eigenvalue weighted by Crippen LogP contribution is -2.45. The molecule has 0 heterocycles. The van der Waals surface area contributed by atoms with Crippen molar-refractivity contribution in [2.45, 2.75) is 225 Å². The molecule has 276 valence electrons. The van der Waals surface area contributed by atoms with Gasteiger partial charge >= 0.3 is 0 Å². The zero-order valence-corrected chi connectivity index (χ0v) is 31.5. The maximum Gasteiger partial charge on any atom is 0.220 e. The number of hydrogen-bond acceptors (Lipinski definition) is 3. The van der Waals surface area contributed by atoms with Crippen LogP contribution in [0.3, 0.4) is 0 Å². The van der Waals surface area contributed by atoms with Gasteiger partial charge in [0, 0.05) is 6.42 Å². The molecule has 0 aromatic rings. The summed E-state index contributed by atoms with van der Waals surface area (Å²) in [5, 5.41) is 22.9. The van der Waals surface area contributed by atoms with Gasteiger partial charge in [-0.2, -0.15) is 0 Å². The average Bonchev–Trinajstić information content (AvgIpc) is 3.07. The van der Waals surface area contributed by atoms with Crippen LogP contribution >= 0.6 is 0 Å². The van der Waals surface area contributed by atoms with E-state index >= 15 is 0 Å². The van der Waals surface area contributed by atoms with Crippen LogP contribution in [0.1, 0.15) is 213 Å². The average molecular weight is 660 g/mol. The maximum absolute atomic E-state index is 12.3. The van der Waals surface area contributed by atoms with Gasteiger partial charge in [-0.25, -0.2) is 0 Å². The molecule has 2 atom stereocenters. The normalized spacial score (nSPS) is 13.4. The number of allylic oxidation sites excluding steroid dienone is 5. The molecule has 2 unspecified atom stereocenters. The SMILES string of the molecule is CCCCCCCCCC/C=C\CCCCCCCCCCCC(=O)NC(CO)C(O)/C=C/CC/C=C/CCCCCCCCCC. The Hall–Kier alpha value is -1.39. The number of unbranched alkanes of at least 4 members (excludes halogenated alkanes) is 26. The van der Waals surface area contributed by atoms with Gasteiger partial charge in [0.05, 0.1) is 18.8 Å². The van der Waals surface area contributed by atoms with Crippen LogP contribution in [0.5, 0.6) is 0 Å². The largest absolute Gasteiger partial charge is 0.394 e. The Kier molecular flexibility index (Phi) is 37.9. The minimum absolute atomic E-state index is 0.0766. The molecule has 0 spiro atoms. The Labute approximate surface area is 293 Å². The van der Waals surface area contributed by atoms with Crippen LogP contribution in [0.4, 0.5) is 0 Å². The molecule has 0 saturated heterocycles. The van der Waals surface area contributed by atoms with E-state index in [0.717, 1.165) is 32.1 Å². The Morgan fingerprint density at radius 2 is 0.830 bits per heavy atom. The highest BCUT2D eigenvalue weighted by Crippen LogP contribution is 2.14. The molecule has 0 fully saturated rings. The first kappa shape index (κ1) is 45.6. The van der Waals surface area contributed by atoms with E-state index in [4.69, 9.17) is 0 Å². The summed E-state index contributed by atoms with van der Waals surface area (Å²) in [6.45, 7) is 4.29. The summed E-state index contributed by atoms with van der Waals surface area (Å²) < 4.78 is 0. The highest BCUT2D eigenvalue weighted by atomic mass is 16.3. The van der Waals surface area contributed by atoms with Gasteiger partial charge in [-0.05, 0) is 57.8 Å². The fraction of sp³-hybridized carbons (Fsp3) is 0.837. The first-order chi connectivity index (χ1) is 23.2. The van der Waals surface area contributed by atoms with E-state index in [9.17, 15) is 15.0 Å². The number of nitrogens with one attached hydrogen (secondary N) is 1. The highest BCUT2D eigenvalue weighted by molar-refractivity contribution is 5.76. The van der Waals surface area contributed by atoms with Gasteiger partial charge < -0.3 is 15.5 Å². The maximum atomic E-state index is 12.3. The molecule has 0 aromatic heterocycles. The number of carbonyl (C=O) groups is 1. The second-order valence-corrected chi connectivity index (χ2v) is 14.0. The lowest BCUT2D eigenvalue weighted by Gasteiger charge is -2.19. The summed E-state index contributed by atoms with van der Waals surface area (Å²) in [6, 6.07) is -0.637. The van der Waals surface area contributed by atoms with Gasteiger partial charge in [-0.15, -0.1) is 0 Å². The van der Waals surface area contributed by atoms with E-state index in [1.165, 1.54) is 161 Å². The van der Waals surface area contributed by atoms with Gasteiger partial charge in [-0.3, -0.25) is 4.79 Å². The van der Waals surface area contributed by atoms with Crippen molar-refractivity contribution in [3.8, 4) is 0 Å². The quantitative estimate of drug-likeness (QED) is 0.0459. The molecule has 0 rings (SSSR count). The van der Waals surface area contributed by atoms with Crippen molar-refractivity contribution < 1.29 is 15.0 Å². The third kappa shape index (κ3) is 35.7. The van der Waals surface area contributed by atoms with Crippen molar-refractivity contribution in [2.75, 3.05) is 6.61 Å². The molecule has 0 aliphatic rings. The van der Waals surface area contributed by atoms with E-state index in [2.05, 4.69) is 43.5 Å². The van der Waals surface area contributed by atoms with Crippen LogP contribution < -0.4 is 5.32 Å². The van der Waals surface area contributed by atoms with Gasteiger partial charge in [-0.1, -0.05) is 185 Å². The topological polar surface area (TPSA) is 69.6 Å². The molecule has 4 heteroatoms. The van der Waals surface area contributed by atoms with Crippen LogP contribution in [0.2, 0.25) is 0 Å². The standard InChI is InChI=1S/C43H81NO3/c1-3-5-7-9-11-13-15-17-19-20-21-22-23-24-25-27-29-31-33-35-37-39-43(47)44-41(40-45)42(46)38-36-34-32-30-28-26-18-16-14-12-10-8-6-4-2/h20-21,28,30,36,38,41-42,45-46H,3-19,22-27,29,31-35,37,39-40H2,1-2H3,(H,44,47)/b21-20-,30-28+,38-36+. The van der Waals surface area contributed by atoms with E-state index in [1.54, 1.807) is 6.08 Å². The summed E-state index contributed by atoms with van der Waals surface area (Å²) in [6.07, 6.45) is 51.0. The molecule has 0 aliphatic carbocycles. The van der Waals surface area contributed by atoms with Crippen molar-refractivity contribution in [1.29, 1.82) is 0 Å². The lowest BCUT2D eigenvalue weighted by atomic mass is 10.0. The number of amides is 1. The van der Waals surface area contributed by atoms with Crippen molar-refractivity contribution in [1.82, 2.24) is 5.32 Å². The van der Waals surface area contributed by atoms with Gasteiger partial charge in [0.1, 0.15) is 0 Å². The smallest absolute Gasteiger partial charge is 0.220 e. The minimum atomic E-state index is -0.860. The molecule has 1 amide bonds. The number of rotatable bonds is 37. The van der Waals surface area contributed by atoms with Crippen LogP contribution in [0, 0.1) is 0 Å². The number of aliphatic hydroxyl groups is 2. The van der Waals surface area contributed by atoms with Gasteiger partial charge in [0.25, 0.3) is 0 Å². The fourth-order valence-electron chi connectivity index (χ4n) is 6.13. The predicted molar refractivity (Wildman–Crippen MR) is 207 cm³/mol. The van der Waals surface area contributed by atoms with Crippen molar-refractivity contribution in [3.63, 3.8) is 0 Å². The van der Waals surface area contributed by atoms with Gasteiger partial charge in [0.2, 0.25) is 5.91 Å². The van der Waals surface area contributed by atoms with E-state index < -0.39 is 12.1 Å². The molecule has 3 N–H and O–H groups in total. The molecule has 0 saturated carbocycles. The van der Waals surface area contributed by atoms with Crippen LogP contribution in [0.15, 0.2) is 36.5 Å². The van der Waals surface area contributed by atoms with Gasteiger partial charge in [0.15, 0.2) is 0 Å². The third-order valence-electron chi connectivity index (χ3n) is 9.35. The Morgan fingerprint density at radius 1 is 0.489 bits per heavy atom. The lowest BCUT2D eigenvalue weighted by molar-refractivity contribution is -0.123. The molecule has 0 aliphatic heterocycles. The zero-order chi connectivity index (χ0) is 34.3. The summed E-state index contributed by atoms with van der Waals surface area (Å²) in [5.74, 6) is -0.0766. The number of aliphatic hydroxyl groups excluding tert-OH is 2. The van der Waals surface area contributed by atoms with Crippen molar-refractivity contribution in [3.05, 3.63) is 36.5 Å². The minimum Gasteiger partial charge on any atom is -0.394 e. The van der Waals surface area contributed by atoms with Crippen LogP contribution in [0.25, 0.3) is 0 Å². The van der Waals surface area contributed by atoms with Crippen molar-refractivity contribution in [2.24, 2.45) is 0 Å². The molecular formula is C43H81NO3. The van der Waals surface area contributed by atoms with Crippen molar-refractivity contribution >= 4 is 5.91 Å². The first-order valence-corrected chi connectivity index (χ1v) is 20.7. The first-order valence-electron chi connectivity index (χ1n) is 20.7. The molecule has 0 radical (unpaired) electrons. The third-order valence-corrected chi connectivity index (χ3v) is 9.35. The highest BCUT2D eigenvalue weighted by Gasteiger charge is 2.17. The summed E-state index contributed by atoms with van der Waals surface area (Å²) >= 11 is 0. The number of hydrogen-bond donors (Lipinski definition) is 3. The second kappa shape index (κ2) is 39.1. The summed E-state index contributed by atoms with van der Waals surface area (Å²) in [5.41, 5.74) is 0. The molecule has 0 aromatic carbocycles. The van der Waals surface area contributed by atoms with Crippen LogP contribution in [-0.4, -0.2) is 34.9 Å². The summed E-state index contributed by atoms with van der Waals surface area (Å²) in [4.78, 5) is 12.3. The molecular weight excluding hydrogens is 578 g/mol. The zero-order valence-electron chi connectivity index (χ0n) is 31.5. The predicted octanol–water partition coefficient (Wildman–Crippen LogP) is 12.6. The second-order valence-electron chi connectivity index (χ2n) is 14.0. The molecule has 4 nitrogen and oxygen atoms in total. The van der Waals surface area contributed by atoms with E-state index in [-0.39, 0.29) is 12.5 Å². The Morgan fingerprint density at radius 3 is 1.23 bits per heavy atom. The monoisotopic (exact) mass is 660 g/mol. The Bertz CT molecular complexity index is 716. The fourth-order valence-corrected chi connectivity index (χ4v) is 6.13. The summed E-state index contributed by atoms with van der Waals surface area (Å²) in [7, 11) is 0.